The number of fused-ring (bicyclic) bond motifs is 10. The minimum absolute atomic E-state index is 0.0475. The molecule has 63 heavy (non-hydrogen) atoms. The molecule has 0 N–H and O–H groups in total. The number of furan rings is 1. The molecule has 1 aliphatic rings. The van der Waals surface area contributed by atoms with Crippen molar-refractivity contribution in [2.45, 2.75) is 12.3 Å². The summed E-state index contributed by atoms with van der Waals surface area (Å²) in [7, 11) is 0. The summed E-state index contributed by atoms with van der Waals surface area (Å²) in [5.74, 6) is 0.835. The summed E-state index contributed by atoms with van der Waals surface area (Å²) in [4.78, 5) is 10.7. The summed E-state index contributed by atoms with van der Waals surface area (Å²) in [6.07, 6.45) is 9.44. The molecule has 12 aromatic rings. The molecular formula is C58H38N4O. The first-order valence-electron chi connectivity index (χ1n) is 21.6. The smallest absolute Gasteiger partial charge is 0.180 e. The van der Waals surface area contributed by atoms with Gasteiger partial charge in [-0.2, -0.15) is 0 Å². The number of benzene rings is 8. The van der Waals surface area contributed by atoms with Crippen LogP contribution in [0.15, 0.2) is 217 Å². The Bertz CT molecular complexity index is 3760. The minimum atomic E-state index is 0.0475. The SMILES string of the molecule is C1=CCC(c2nc(-c3cc(-c4ccccc4)c(-n4c5ccccc5c5ccc6c(c7ccccc7n6-c6ccccc6)c54)c(-c4ccccc4)c3)c3oc4ccccc4c3n2)C=C1. The summed E-state index contributed by atoms with van der Waals surface area (Å²) < 4.78 is 11.7. The van der Waals surface area contributed by atoms with E-state index in [1.807, 2.05) is 12.1 Å². The van der Waals surface area contributed by atoms with Crippen molar-refractivity contribution in [3.63, 3.8) is 0 Å². The normalized spacial score (nSPS) is 14.0. The van der Waals surface area contributed by atoms with E-state index in [0.717, 1.165) is 84.7 Å². The highest BCUT2D eigenvalue weighted by atomic mass is 16.3. The lowest BCUT2D eigenvalue weighted by Crippen LogP contribution is -2.06. The monoisotopic (exact) mass is 806 g/mol. The fourth-order valence-electron chi connectivity index (χ4n) is 10.0. The zero-order chi connectivity index (χ0) is 41.4. The van der Waals surface area contributed by atoms with Crippen LogP contribution >= 0.6 is 0 Å². The number of rotatable bonds is 6. The van der Waals surface area contributed by atoms with E-state index in [4.69, 9.17) is 14.4 Å². The summed E-state index contributed by atoms with van der Waals surface area (Å²) >= 11 is 0. The molecule has 0 saturated heterocycles. The predicted octanol–water partition coefficient (Wildman–Crippen LogP) is 15.2. The molecule has 5 nitrogen and oxygen atoms in total. The van der Waals surface area contributed by atoms with Crippen molar-refractivity contribution in [2.24, 2.45) is 0 Å². The number of aromatic nitrogens is 4. The van der Waals surface area contributed by atoms with Crippen molar-refractivity contribution in [2.75, 3.05) is 0 Å². The number of allylic oxidation sites excluding steroid dienone is 4. The van der Waals surface area contributed by atoms with Crippen LogP contribution < -0.4 is 0 Å². The lowest BCUT2D eigenvalue weighted by Gasteiger charge is -2.22. The highest BCUT2D eigenvalue weighted by Gasteiger charge is 2.27. The molecule has 13 rings (SSSR count). The standard InChI is InChI=1S/C58H38N4O/c1-5-19-37(20-6-1)46-35-40(53-57-54(45-29-15-18-32-51(45)63-57)60-58(59-53)39-23-9-3-10-24-39)36-47(38-21-7-2-8-22-38)55(46)62-48-30-16-13-27-42(48)43-33-34-50-52(56(43)62)44-28-14-17-31-49(44)61(50)41-25-11-4-12-26-41/h1-23,25-36,39H,24H2. The Morgan fingerprint density at radius 3 is 1.81 bits per heavy atom. The highest BCUT2D eigenvalue weighted by Crippen LogP contribution is 2.48. The molecule has 0 amide bonds. The maximum absolute atomic E-state index is 6.75. The Hall–Kier alpha value is -8.28. The zero-order valence-corrected chi connectivity index (χ0v) is 34.2. The van der Waals surface area contributed by atoms with Crippen LogP contribution in [0.2, 0.25) is 0 Å². The van der Waals surface area contributed by atoms with Gasteiger partial charge in [0.15, 0.2) is 5.58 Å². The molecule has 0 radical (unpaired) electrons. The average Bonchev–Trinajstić information content (AvgIpc) is 4.02. The number of nitrogens with zero attached hydrogens (tertiary/aromatic N) is 4. The topological polar surface area (TPSA) is 48.8 Å². The molecule has 0 bridgehead atoms. The largest absolute Gasteiger partial charge is 0.452 e. The van der Waals surface area contributed by atoms with Gasteiger partial charge in [-0.05, 0) is 72.1 Å². The Kier molecular flexibility index (Phi) is 7.97. The van der Waals surface area contributed by atoms with E-state index in [1.165, 1.54) is 32.6 Å². The van der Waals surface area contributed by atoms with Gasteiger partial charge >= 0.3 is 0 Å². The molecule has 8 aromatic carbocycles. The molecule has 296 valence electrons. The van der Waals surface area contributed by atoms with Gasteiger partial charge in [-0.25, -0.2) is 9.97 Å². The van der Waals surface area contributed by atoms with Crippen LogP contribution in [0.4, 0.5) is 0 Å². The fraction of sp³-hybridized carbons (Fsp3) is 0.0345. The van der Waals surface area contributed by atoms with Crippen LogP contribution in [-0.4, -0.2) is 19.1 Å². The molecule has 0 saturated carbocycles. The lowest BCUT2D eigenvalue weighted by atomic mass is 9.91. The van der Waals surface area contributed by atoms with E-state index < -0.39 is 0 Å². The molecule has 0 spiro atoms. The van der Waals surface area contributed by atoms with Crippen molar-refractivity contribution in [3.05, 3.63) is 218 Å². The Balaban J connectivity index is 1.21. The van der Waals surface area contributed by atoms with Crippen molar-refractivity contribution < 1.29 is 4.42 Å². The van der Waals surface area contributed by atoms with Gasteiger partial charge in [-0.1, -0.05) is 158 Å². The second-order valence-corrected chi connectivity index (χ2v) is 16.4. The summed E-state index contributed by atoms with van der Waals surface area (Å²) in [6.45, 7) is 0. The van der Waals surface area contributed by atoms with Gasteiger partial charge in [0.2, 0.25) is 0 Å². The van der Waals surface area contributed by atoms with E-state index in [0.29, 0.717) is 5.58 Å². The minimum Gasteiger partial charge on any atom is -0.452 e. The summed E-state index contributed by atoms with van der Waals surface area (Å²) in [5, 5.41) is 5.81. The molecule has 4 heterocycles. The number of para-hydroxylation sites is 4. The van der Waals surface area contributed by atoms with Crippen LogP contribution in [0, 0.1) is 0 Å². The first-order chi connectivity index (χ1) is 31.3. The highest BCUT2D eigenvalue weighted by molar-refractivity contribution is 6.26. The molecule has 0 aliphatic heterocycles. The third-order valence-corrected chi connectivity index (χ3v) is 12.8. The molecule has 5 heteroatoms. The number of hydrogen-bond donors (Lipinski definition) is 0. The van der Waals surface area contributed by atoms with Crippen molar-refractivity contribution in [1.82, 2.24) is 19.1 Å². The third kappa shape index (κ3) is 5.49. The first-order valence-corrected chi connectivity index (χ1v) is 21.6. The Morgan fingerprint density at radius 2 is 1.11 bits per heavy atom. The van der Waals surface area contributed by atoms with E-state index in [-0.39, 0.29) is 5.92 Å². The maximum Gasteiger partial charge on any atom is 0.180 e. The molecule has 4 aromatic heterocycles. The predicted molar refractivity (Wildman–Crippen MR) is 260 cm³/mol. The van der Waals surface area contributed by atoms with Crippen LogP contribution in [0.3, 0.4) is 0 Å². The van der Waals surface area contributed by atoms with Crippen molar-refractivity contribution in [3.8, 4) is 44.9 Å². The molecule has 1 aliphatic carbocycles. The first kappa shape index (κ1) is 35.5. The zero-order valence-electron chi connectivity index (χ0n) is 34.2. The molecular weight excluding hydrogens is 769 g/mol. The van der Waals surface area contributed by atoms with Crippen LogP contribution in [-0.2, 0) is 0 Å². The fourth-order valence-corrected chi connectivity index (χ4v) is 10.0. The van der Waals surface area contributed by atoms with Gasteiger partial charge in [0.05, 0.1) is 27.8 Å². The van der Waals surface area contributed by atoms with Gasteiger partial charge in [-0.3, -0.25) is 0 Å². The van der Waals surface area contributed by atoms with Crippen molar-refractivity contribution >= 4 is 65.7 Å². The Labute approximate surface area is 363 Å². The maximum atomic E-state index is 6.75. The van der Waals surface area contributed by atoms with E-state index in [2.05, 4.69) is 209 Å². The number of hydrogen-bond acceptors (Lipinski definition) is 3. The second kappa shape index (κ2) is 14.2. The Morgan fingerprint density at radius 1 is 0.492 bits per heavy atom. The van der Waals surface area contributed by atoms with Gasteiger partial charge < -0.3 is 13.6 Å². The van der Waals surface area contributed by atoms with E-state index in [9.17, 15) is 0 Å². The quantitative estimate of drug-likeness (QED) is 0.168. The second-order valence-electron chi connectivity index (χ2n) is 16.4. The average molecular weight is 807 g/mol. The van der Waals surface area contributed by atoms with Crippen LogP contribution in [0.5, 0.6) is 0 Å². The molecule has 1 unspecified atom stereocenters. The summed E-state index contributed by atoms with van der Waals surface area (Å²) in [6, 6.07) is 67.5. The van der Waals surface area contributed by atoms with Gasteiger partial charge in [0.25, 0.3) is 0 Å². The third-order valence-electron chi connectivity index (χ3n) is 12.8. The van der Waals surface area contributed by atoms with Gasteiger partial charge in [0.1, 0.15) is 22.6 Å². The summed E-state index contributed by atoms with van der Waals surface area (Å²) in [5.41, 5.74) is 15.3. The van der Waals surface area contributed by atoms with E-state index >= 15 is 0 Å². The molecule has 1 atom stereocenters. The van der Waals surface area contributed by atoms with E-state index in [1.54, 1.807) is 0 Å². The lowest BCUT2D eigenvalue weighted by molar-refractivity contribution is 0.664. The van der Waals surface area contributed by atoms with Gasteiger partial charge in [-0.15, -0.1) is 0 Å². The van der Waals surface area contributed by atoms with Crippen LogP contribution in [0.1, 0.15) is 18.2 Å². The van der Waals surface area contributed by atoms with Crippen LogP contribution in [0.25, 0.3) is 111 Å². The molecule has 0 fully saturated rings. The van der Waals surface area contributed by atoms with Crippen molar-refractivity contribution in [1.29, 1.82) is 0 Å². The van der Waals surface area contributed by atoms with Gasteiger partial charge in [0, 0.05) is 55.2 Å².